The number of ether oxygens (including phenoxy) is 1. The number of likely N-dealkylation sites (N-methyl/N-ethyl adjacent to an activating group) is 1. The molecule has 2 N–H and O–H groups in total. The Hall–Kier alpha value is -1.67. The third kappa shape index (κ3) is 5.90. The SMILES string of the molecule is CCOc1ccc(NC(=S)NC[C@@H](c2cccs2)N2CCN(C)CC2)cc1. The molecule has 5 nitrogen and oxygen atoms in total. The van der Waals surface area contributed by atoms with Crippen molar-refractivity contribution in [3.05, 3.63) is 46.7 Å². The molecule has 27 heavy (non-hydrogen) atoms. The van der Waals surface area contributed by atoms with Crippen molar-refractivity contribution in [2.24, 2.45) is 0 Å². The molecule has 2 heterocycles. The number of benzene rings is 1. The lowest BCUT2D eigenvalue weighted by Crippen LogP contribution is -2.48. The maximum Gasteiger partial charge on any atom is 0.170 e. The van der Waals surface area contributed by atoms with Crippen LogP contribution in [0.25, 0.3) is 0 Å². The number of rotatable bonds is 7. The van der Waals surface area contributed by atoms with E-state index in [1.807, 2.05) is 42.5 Å². The molecule has 1 saturated heterocycles. The number of anilines is 1. The van der Waals surface area contributed by atoms with Gasteiger partial charge < -0.3 is 20.3 Å². The minimum Gasteiger partial charge on any atom is -0.494 e. The molecule has 1 aliphatic rings. The molecule has 0 aliphatic carbocycles. The largest absolute Gasteiger partial charge is 0.494 e. The van der Waals surface area contributed by atoms with E-state index < -0.39 is 0 Å². The Kier molecular flexibility index (Phi) is 7.46. The average Bonchev–Trinajstić information content (AvgIpc) is 3.20. The Labute approximate surface area is 171 Å². The van der Waals surface area contributed by atoms with E-state index in [4.69, 9.17) is 17.0 Å². The minimum atomic E-state index is 0.346. The van der Waals surface area contributed by atoms with E-state index in [0.29, 0.717) is 17.8 Å². The van der Waals surface area contributed by atoms with Crippen LogP contribution in [0.15, 0.2) is 41.8 Å². The molecule has 1 aliphatic heterocycles. The van der Waals surface area contributed by atoms with E-state index in [-0.39, 0.29) is 0 Å². The predicted molar refractivity (Wildman–Crippen MR) is 118 cm³/mol. The molecule has 0 amide bonds. The minimum absolute atomic E-state index is 0.346. The second-order valence-corrected chi connectivity index (χ2v) is 8.05. The summed E-state index contributed by atoms with van der Waals surface area (Å²) in [6, 6.07) is 12.6. The van der Waals surface area contributed by atoms with Crippen molar-refractivity contribution in [1.29, 1.82) is 0 Å². The highest BCUT2D eigenvalue weighted by atomic mass is 32.1. The quantitative estimate of drug-likeness (QED) is 0.689. The first kappa shape index (κ1) is 20.1. The van der Waals surface area contributed by atoms with Crippen LogP contribution in [0.1, 0.15) is 17.8 Å². The van der Waals surface area contributed by atoms with Crippen LogP contribution >= 0.6 is 23.6 Å². The summed E-state index contributed by atoms with van der Waals surface area (Å²) in [5.74, 6) is 0.870. The molecule has 0 radical (unpaired) electrons. The zero-order valence-electron chi connectivity index (χ0n) is 16.0. The number of hydrogen-bond acceptors (Lipinski definition) is 5. The number of thiophene rings is 1. The zero-order valence-corrected chi connectivity index (χ0v) is 17.6. The van der Waals surface area contributed by atoms with Crippen LogP contribution in [-0.4, -0.2) is 61.3 Å². The summed E-state index contributed by atoms with van der Waals surface area (Å²) in [6.07, 6.45) is 0. The monoisotopic (exact) mass is 404 g/mol. The summed E-state index contributed by atoms with van der Waals surface area (Å²) < 4.78 is 5.48. The molecule has 1 fully saturated rings. The highest BCUT2D eigenvalue weighted by molar-refractivity contribution is 7.80. The molecule has 3 rings (SSSR count). The first-order valence-electron chi connectivity index (χ1n) is 9.39. The first-order valence-corrected chi connectivity index (χ1v) is 10.7. The second kappa shape index (κ2) is 10.0. The number of piperazine rings is 1. The normalized spacial score (nSPS) is 16.7. The lowest BCUT2D eigenvalue weighted by atomic mass is 10.1. The number of hydrogen-bond donors (Lipinski definition) is 2. The second-order valence-electron chi connectivity index (χ2n) is 6.66. The Morgan fingerprint density at radius 1 is 1.19 bits per heavy atom. The Balaban J connectivity index is 1.55. The topological polar surface area (TPSA) is 39.8 Å². The van der Waals surface area contributed by atoms with Crippen LogP contribution in [0.4, 0.5) is 5.69 Å². The van der Waals surface area contributed by atoms with E-state index in [2.05, 4.69) is 45.0 Å². The predicted octanol–water partition coefficient (Wildman–Crippen LogP) is 3.42. The maximum atomic E-state index is 5.51. The molecule has 1 aromatic carbocycles. The van der Waals surface area contributed by atoms with E-state index >= 15 is 0 Å². The molecule has 1 atom stereocenters. The lowest BCUT2D eigenvalue weighted by molar-refractivity contribution is 0.114. The van der Waals surface area contributed by atoms with Crippen molar-refractivity contribution in [1.82, 2.24) is 15.1 Å². The van der Waals surface area contributed by atoms with Crippen LogP contribution < -0.4 is 15.4 Å². The molecule has 0 bridgehead atoms. The average molecular weight is 405 g/mol. The molecule has 1 aromatic heterocycles. The summed E-state index contributed by atoms with van der Waals surface area (Å²) in [6.45, 7) is 7.83. The molecular weight excluding hydrogens is 376 g/mol. The lowest BCUT2D eigenvalue weighted by Gasteiger charge is -2.37. The van der Waals surface area contributed by atoms with Crippen LogP contribution in [-0.2, 0) is 0 Å². The van der Waals surface area contributed by atoms with Crippen molar-refractivity contribution in [3.8, 4) is 5.75 Å². The Morgan fingerprint density at radius 2 is 1.93 bits per heavy atom. The van der Waals surface area contributed by atoms with Crippen molar-refractivity contribution in [2.75, 3.05) is 51.7 Å². The van der Waals surface area contributed by atoms with Gasteiger partial charge in [0.05, 0.1) is 12.6 Å². The van der Waals surface area contributed by atoms with E-state index in [1.54, 1.807) is 0 Å². The molecule has 0 saturated carbocycles. The molecule has 0 spiro atoms. The molecular formula is C20H28N4OS2. The maximum absolute atomic E-state index is 5.51. The fourth-order valence-electron chi connectivity index (χ4n) is 3.19. The fraction of sp³-hybridized carbons (Fsp3) is 0.450. The van der Waals surface area contributed by atoms with Gasteiger partial charge in [-0.05, 0) is 61.9 Å². The zero-order chi connectivity index (χ0) is 19.1. The van der Waals surface area contributed by atoms with Crippen molar-refractivity contribution >= 4 is 34.4 Å². The Morgan fingerprint density at radius 3 is 2.56 bits per heavy atom. The smallest absolute Gasteiger partial charge is 0.170 e. The van der Waals surface area contributed by atoms with Crippen LogP contribution in [0, 0.1) is 0 Å². The van der Waals surface area contributed by atoms with E-state index in [9.17, 15) is 0 Å². The van der Waals surface area contributed by atoms with Gasteiger partial charge in [0, 0.05) is 43.3 Å². The molecule has 0 unspecified atom stereocenters. The van der Waals surface area contributed by atoms with Gasteiger partial charge in [-0.3, -0.25) is 4.90 Å². The van der Waals surface area contributed by atoms with Gasteiger partial charge in [0.25, 0.3) is 0 Å². The van der Waals surface area contributed by atoms with E-state index in [0.717, 1.165) is 44.2 Å². The molecule has 146 valence electrons. The van der Waals surface area contributed by atoms with Crippen LogP contribution in [0.3, 0.4) is 0 Å². The van der Waals surface area contributed by atoms with Gasteiger partial charge in [-0.1, -0.05) is 6.07 Å². The molecule has 7 heteroatoms. The standard InChI is InChI=1S/C20H28N4OS2/c1-3-25-17-8-6-16(7-9-17)22-20(26)21-15-18(19-5-4-14-27-19)24-12-10-23(2)11-13-24/h4-9,14,18H,3,10-13,15H2,1-2H3,(H2,21,22,26)/t18-/m0/s1. The van der Waals surface area contributed by atoms with Gasteiger partial charge in [-0.2, -0.15) is 0 Å². The third-order valence-electron chi connectivity index (χ3n) is 4.73. The van der Waals surface area contributed by atoms with Crippen molar-refractivity contribution in [2.45, 2.75) is 13.0 Å². The van der Waals surface area contributed by atoms with Crippen LogP contribution in [0.2, 0.25) is 0 Å². The highest BCUT2D eigenvalue weighted by Crippen LogP contribution is 2.25. The molecule has 2 aromatic rings. The van der Waals surface area contributed by atoms with Crippen molar-refractivity contribution in [3.63, 3.8) is 0 Å². The number of nitrogens with one attached hydrogen (secondary N) is 2. The summed E-state index contributed by atoms with van der Waals surface area (Å²) >= 11 is 7.33. The summed E-state index contributed by atoms with van der Waals surface area (Å²) in [7, 11) is 2.19. The van der Waals surface area contributed by atoms with Gasteiger partial charge >= 0.3 is 0 Å². The summed E-state index contributed by atoms with van der Waals surface area (Å²) in [5, 5.41) is 9.47. The third-order valence-corrected chi connectivity index (χ3v) is 5.95. The van der Waals surface area contributed by atoms with Gasteiger partial charge in [0.2, 0.25) is 0 Å². The fourth-order valence-corrected chi connectivity index (χ4v) is 4.25. The Bertz CT molecular complexity index is 697. The number of nitrogens with zero attached hydrogens (tertiary/aromatic N) is 2. The number of thiocarbonyl (C=S) groups is 1. The van der Waals surface area contributed by atoms with Gasteiger partial charge in [0.15, 0.2) is 5.11 Å². The van der Waals surface area contributed by atoms with Gasteiger partial charge in [-0.25, -0.2) is 0 Å². The first-order chi connectivity index (χ1) is 13.2. The van der Waals surface area contributed by atoms with E-state index in [1.165, 1.54) is 4.88 Å². The van der Waals surface area contributed by atoms with Gasteiger partial charge in [0.1, 0.15) is 5.75 Å². The van der Waals surface area contributed by atoms with Gasteiger partial charge in [-0.15, -0.1) is 11.3 Å². The van der Waals surface area contributed by atoms with Crippen LogP contribution in [0.5, 0.6) is 5.75 Å². The summed E-state index contributed by atoms with van der Waals surface area (Å²) in [5.41, 5.74) is 0.961. The highest BCUT2D eigenvalue weighted by Gasteiger charge is 2.24. The summed E-state index contributed by atoms with van der Waals surface area (Å²) in [4.78, 5) is 6.32. The van der Waals surface area contributed by atoms with Crippen molar-refractivity contribution < 1.29 is 4.74 Å².